The highest BCUT2D eigenvalue weighted by Gasteiger charge is 2.17. The summed E-state index contributed by atoms with van der Waals surface area (Å²) < 4.78 is 5.12. The van der Waals surface area contributed by atoms with Crippen molar-refractivity contribution in [2.75, 3.05) is 26.3 Å². The Balaban J connectivity index is 2.34. The zero-order valence-electron chi connectivity index (χ0n) is 7.75. The minimum Gasteiger partial charge on any atom is -0.378 e. The first kappa shape index (κ1) is 9.87. The van der Waals surface area contributed by atoms with Crippen LogP contribution in [0.25, 0.3) is 0 Å². The summed E-state index contributed by atoms with van der Waals surface area (Å²) >= 11 is 0. The van der Waals surface area contributed by atoms with E-state index in [0.717, 1.165) is 0 Å². The van der Waals surface area contributed by atoms with E-state index in [4.69, 9.17) is 11.2 Å². The van der Waals surface area contributed by atoms with Crippen LogP contribution >= 0.6 is 0 Å². The zero-order valence-corrected chi connectivity index (χ0v) is 7.75. The number of nitrogens with one attached hydrogen (secondary N) is 1. The molecule has 1 rings (SSSR count). The molecule has 1 aliphatic heterocycles. The van der Waals surface area contributed by atoms with Gasteiger partial charge in [-0.2, -0.15) is 0 Å². The molecule has 1 unspecified atom stereocenters. The Morgan fingerprint density at radius 3 is 2.77 bits per heavy atom. The molecule has 72 valence electrons. The zero-order chi connectivity index (χ0) is 9.68. The number of terminal acetylenes is 1. The summed E-state index contributed by atoms with van der Waals surface area (Å²) in [6, 6.07) is -0.316. The fraction of sp³-hybridized carbons (Fsp3) is 0.667. The molecule has 1 atom stereocenters. The fourth-order valence-corrected chi connectivity index (χ4v) is 1.08. The molecule has 1 aliphatic rings. The quantitative estimate of drug-likeness (QED) is 0.582. The van der Waals surface area contributed by atoms with Gasteiger partial charge in [-0.05, 0) is 6.92 Å². The summed E-state index contributed by atoms with van der Waals surface area (Å²) in [5, 5.41) is 2.69. The molecule has 2 amide bonds. The van der Waals surface area contributed by atoms with Crippen LogP contribution in [0.5, 0.6) is 0 Å². The maximum absolute atomic E-state index is 11.4. The molecule has 0 aromatic rings. The van der Waals surface area contributed by atoms with Crippen LogP contribution in [0.4, 0.5) is 4.79 Å². The predicted molar refractivity (Wildman–Crippen MR) is 49.2 cm³/mol. The molecule has 0 spiro atoms. The minimum atomic E-state index is -0.213. The molecule has 0 bridgehead atoms. The first-order chi connectivity index (χ1) is 6.24. The molecule has 0 aromatic carbocycles. The van der Waals surface area contributed by atoms with Crippen molar-refractivity contribution < 1.29 is 9.53 Å². The van der Waals surface area contributed by atoms with Gasteiger partial charge in [0.1, 0.15) is 0 Å². The predicted octanol–water partition coefficient (Wildman–Crippen LogP) is 0.0499. The van der Waals surface area contributed by atoms with Gasteiger partial charge >= 0.3 is 6.03 Å². The third kappa shape index (κ3) is 2.96. The van der Waals surface area contributed by atoms with Gasteiger partial charge in [-0.1, -0.05) is 5.92 Å². The summed E-state index contributed by atoms with van der Waals surface area (Å²) in [6.07, 6.45) is 5.14. The van der Waals surface area contributed by atoms with Crippen molar-refractivity contribution >= 4 is 6.03 Å². The van der Waals surface area contributed by atoms with E-state index >= 15 is 0 Å². The van der Waals surface area contributed by atoms with Crippen LogP contribution in [0.1, 0.15) is 6.92 Å². The van der Waals surface area contributed by atoms with Crippen LogP contribution in [0.2, 0.25) is 0 Å². The van der Waals surface area contributed by atoms with Gasteiger partial charge in [0.25, 0.3) is 0 Å². The summed E-state index contributed by atoms with van der Waals surface area (Å²) in [7, 11) is 0. The standard InChI is InChI=1S/C9H14N2O2/c1-3-8(2)10-9(12)11-4-6-13-7-5-11/h1,8H,4-7H2,2H3,(H,10,12). The highest BCUT2D eigenvalue weighted by molar-refractivity contribution is 5.74. The highest BCUT2D eigenvalue weighted by atomic mass is 16.5. The SMILES string of the molecule is C#CC(C)NC(=O)N1CCOCC1. The maximum atomic E-state index is 11.4. The fourth-order valence-electron chi connectivity index (χ4n) is 1.08. The van der Waals surface area contributed by atoms with E-state index in [-0.39, 0.29) is 12.1 Å². The van der Waals surface area contributed by atoms with Gasteiger partial charge in [0, 0.05) is 13.1 Å². The van der Waals surface area contributed by atoms with E-state index in [1.54, 1.807) is 11.8 Å². The number of hydrogen-bond acceptors (Lipinski definition) is 2. The van der Waals surface area contributed by atoms with Gasteiger partial charge in [-0.15, -0.1) is 6.42 Å². The van der Waals surface area contributed by atoms with Crippen LogP contribution in [0.3, 0.4) is 0 Å². The van der Waals surface area contributed by atoms with Crippen molar-refractivity contribution in [3.8, 4) is 12.3 Å². The lowest BCUT2D eigenvalue weighted by atomic mass is 10.3. The smallest absolute Gasteiger partial charge is 0.318 e. The summed E-state index contributed by atoms with van der Waals surface area (Å²) in [5.74, 6) is 2.45. The van der Waals surface area contributed by atoms with Crippen molar-refractivity contribution in [3.63, 3.8) is 0 Å². The third-order valence-corrected chi connectivity index (χ3v) is 1.89. The number of hydrogen-bond donors (Lipinski definition) is 1. The Labute approximate surface area is 78.2 Å². The van der Waals surface area contributed by atoms with E-state index in [2.05, 4.69) is 11.2 Å². The second-order valence-corrected chi connectivity index (χ2v) is 2.94. The number of carbonyl (C=O) groups excluding carboxylic acids is 1. The summed E-state index contributed by atoms with van der Waals surface area (Å²) in [4.78, 5) is 13.1. The highest BCUT2D eigenvalue weighted by Crippen LogP contribution is 1.97. The molecule has 1 fully saturated rings. The third-order valence-electron chi connectivity index (χ3n) is 1.89. The van der Waals surface area contributed by atoms with Gasteiger partial charge in [0.05, 0.1) is 19.3 Å². The molecule has 13 heavy (non-hydrogen) atoms. The largest absolute Gasteiger partial charge is 0.378 e. The summed E-state index contributed by atoms with van der Waals surface area (Å²) in [5.41, 5.74) is 0. The van der Waals surface area contributed by atoms with Crippen molar-refractivity contribution in [1.82, 2.24) is 10.2 Å². The number of carbonyl (C=O) groups is 1. The molecule has 1 heterocycles. The number of urea groups is 1. The molecule has 0 aliphatic carbocycles. The molecule has 1 N–H and O–H groups in total. The number of ether oxygens (including phenoxy) is 1. The van der Waals surface area contributed by atoms with Crippen LogP contribution in [-0.4, -0.2) is 43.3 Å². The van der Waals surface area contributed by atoms with Gasteiger partial charge < -0.3 is 15.0 Å². The molecule has 0 radical (unpaired) electrons. The molecule has 1 saturated heterocycles. The maximum Gasteiger partial charge on any atom is 0.318 e. The molecule has 4 nitrogen and oxygen atoms in total. The molecular formula is C9H14N2O2. The lowest BCUT2D eigenvalue weighted by molar-refractivity contribution is 0.0530. The molecular weight excluding hydrogens is 168 g/mol. The van der Waals surface area contributed by atoms with Crippen LogP contribution in [0.15, 0.2) is 0 Å². The monoisotopic (exact) mass is 182 g/mol. The average molecular weight is 182 g/mol. The van der Waals surface area contributed by atoms with Crippen molar-refractivity contribution in [1.29, 1.82) is 0 Å². The Bertz CT molecular complexity index is 216. The number of amides is 2. The van der Waals surface area contributed by atoms with E-state index in [9.17, 15) is 4.79 Å². The van der Waals surface area contributed by atoms with Crippen LogP contribution in [-0.2, 0) is 4.74 Å². The molecule has 0 aromatic heterocycles. The first-order valence-corrected chi connectivity index (χ1v) is 4.33. The van der Waals surface area contributed by atoms with Crippen molar-refractivity contribution in [3.05, 3.63) is 0 Å². The lowest BCUT2D eigenvalue weighted by Gasteiger charge is -2.27. The van der Waals surface area contributed by atoms with E-state index in [1.807, 2.05) is 0 Å². The molecule has 4 heteroatoms. The second kappa shape index (κ2) is 4.73. The number of rotatable bonds is 1. The minimum absolute atomic E-state index is 0.103. The van der Waals surface area contributed by atoms with Gasteiger partial charge in [0.2, 0.25) is 0 Å². The van der Waals surface area contributed by atoms with E-state index in [0.29, 0.717) is 26.3 Å². The number of nitrogens with zero attached hydrogens (tertiary/aromatic N) is 1. The molecule has 0 saturated carbocycles. The lowest BCUT2D eigenvalue weighted by Crippen LogP contribution is -2.48. The van der Waals surface area contributed by atoms with Crippen molar-refractivity contribution in [2.45, 2.75) is 13.0 Å². The Morgan fingerprint density at radius 1 is 1.62 bits per heavy atom. The van der Waals surface area contributed by atoms with E-state index < -0.39 is 0 Å². The Hall–Kier alpha value is -1.21. The summed E-state index contributed by atoms with van der Waals surface area (Å²) in [6.45, 7) is 4.28. The Morgan fingerprint density at radius 2 is 2.23 bits per heavy atom. The van der Waals surface area contributed by atoms with Crippen molar-refractivity contribution in [2.24, 2.45) is 0 Å². The normalized spacial score (nSPS) is 18.9. The van der Waals surface area contributed by atoms with Crippen LogP contribution < -0.4 is 5.32 Å². The van der Waals surface area contributed by atoms with Gasteiger partial charge in [-0.3, -0.25) is 0 Å². The Kier molecular flexibility index (Phi) is 3.59. The van der Waals surface area contributed by atoms with E-state index in [1.165, 1.54) is 0 Å². The number of morpholine rings is 1. The van der Waals surface area contributed by atoms with Crippen LogP contribution in [0, 0.1) is 12.3 Å². The second-order valence-electron chi connectivity index (χ2n) is 2.94. The average Bonchev–Trinajstić information content (AvgIpc) is 2.19. The topological polar surface area (TPSA) is 41.6 Å². The first-order valence-electron chi connectivity index (χ1n) is 4.33. The van der Waals surface area contributed by atoms with Gasteiger partial charge in [-0.25, -0.2) is 4.79 Å². The van der Waals surface area contributed by atoms with Gasteiger partial charge in [0.15, 0.2) is 0 Å².